The molecule has 0 saturated carbocycles. The normalized spacial score (nSPS) is 12.1. The monoisotopic (exact) mass is 271 g/mol. The van der Waals surface area contributed by atoms with Gasteiger partial charge in [0.05, 0.1) is 24.3 Å². The molecule has 0 aromatic heterocycles. The predicted octanol–water partition coefficient (Wildman–Crippen LogP) is 1.89. The van der Waals surface area contributed by atoms with Crippen LogP contribution in [0, 0.1) is 28.8 Å². The molecule has 0 saturated heterocycles. The summed E-state index contributed by atoms with van der Waals surface area (Å²) < 4.78 is 38.9. The molecule has 0 aliphatic rings. The van der Waals surface area contributed by atoms with Crippen LogP contribution in [-0.2, 0) is 4.79 Å². The van der Waals surface area contributed by atoms with E-state index in [0.717, 1.165) is 12.1 Å². The summed E-state index contributed by atoms with van der Waals surface area (Å²) in [6, 6.07) is 3.07. The second kappa shape index (κ2) is 6.20. The van der Waals surface area contributed by atoms with E-state index in [1.807, 2.05) is 6.07 Å². The fraction of sp³-hybridized carbons (Fsp3) is 0.333. The Morgan fingerprint density at radius 1 is 1.42 bits per heavy atom. The van der Waals surface area contributed by atoms with Crippen LogP contribution >= 0.6 is 0 Å². The first-order valence-corrected chi connectivity index (χ1v) is 5.40. The van der Waals surface area contributed by atoms with Crippen molar-refractivity contribution in [2.75, 3.05) is 18.9 Å². The number of nitrogens with zero attached hydrogens (tertiary/aromatic N) is 2. The molecule has 0 unspecified atom stereocenters. The number of rotatable bonds is 4. The fourth-order valence-electron chi connectivity index (χ4n) is 1.27. The van der Waals surface area contributed by atoms with Gasteiger partial charge < -0.3 is 5.32 Å². The van der Waals surface area contributed by atoms with Crippen LogP contribution in [0.2, 0.25) is 0 Å². The maximum Gasteiger partial charge on any atom is 0.238 e. The highest BCUT2D eigenvalue weighted by molar-refractivity contribution is 5.92. The molecule has 0 bridgehead atoms. The summed E-state index contributed by atoms with van der Waals surface area (Å²) in [4.78, 5) is 13.0. The number of likely N-dealkylation sites (N-methyl/N-ethyl adjacent to an activating group) is 1. The Kier molecular flexibility index (Phi) is 4.89. The second-order valence-electron chi connectivity index (χ2n) is 3.99. The van der Waals surface area contributed by atoms with Gasteiger partial charge in [0, 0.05) is 0 Å². The third-order valence-corrected chi connectivity index (χ3v) is 2.55. The van der Waals surface area contributed by atoms with Crippen LogP contribution in [0.25, 0.3) is 0 Å². The zero-order chi connectivity index (χ0) is 14.6. The van der Waals surface area contributed by atoms with E-state index in [1.54, 1.807) is 6.92 Å². The zero-order valence-corrected chi connectivity index (χ0v) is 10.4. The molecular formula is C12H12F3N3O. The van der Waals surface area contributed by atoms with E-state index in [9.17, 15) is 18.0 Å². The number of anilines is 1. The third kappa shape index (κ3) is 3.69. The SMILES string of the molecule is C[C@@H](C#N)N(C)CC(=O)Nc1ccc(F)c(F)c1F. The van der Waals surface area contributed by atoms with Gasteiger partial charge in [-0.3, -0.25) is 9.69 Å². The first-order chi connectivity index (χ1) is 8.86. The topological polar surface area (TPSA) is 56.1 Å². The van der Waals surface area contributed by atoms with Crippen LogP contribution in [0.1, 0.15) is 6.92 Å². The van der Waals surface area contributed by atoms with Crippen molar-refractivity contribution in [3.8, 4) is 6.07 Å². The number of carbonyl (C=O) groups excluding carboxylic acids is 1. The Morgan fingerprint density at radius 3 is 2.63 bits per heavy atom. The predicted molar refractivity (Wildman–Crippen MR) is 62.7 cm³/mol. The van der Waals surface area contributed by atoms with Gasteiger partial charge in [-0.05, 0) is 26.1 Å². The van der Waals surface area contributed by atoms with Crippen molar-refractivity contribution in [1.82, 2.24) is 4.90 Å². The van der Waals surface area contributed by atoms with Gasteiger partial charge in [-0.1, -0.05) is 0 Å². The molecule has 7 heteroatoms. The molecule has 0 fully saturated rings. The number of nitriles is 1. The van der Waals surface area contributed by atoms with Crippen molar-refractivity contribution in [2.24, 2.45) is 0 Å². The molecular weight excluding hydrogens is 259 g/mol. The number of nitrogens with one attached hydrogen (secondary N) is 1. The van der Waals surface area contributed by atoms with E-state index in [4.69, 9.17) is 5.26 Å². The molecule has 1 rings (SSSR count). The molecule has 1 N–H and O–H groups in total. The van der Waals surface area contributed by atoms with Crippen molar-refractivity contribution >= 4 is 11.6 Å². The minimum absolute atomic E-state index is 0.173. The Bertz CT molecular complexity index is 528. The minimum Gasteiger partial charge on any atom is -0.322 e. The summed E-state index contributed by atoms with van der Waals surface area (Å²) in [6.07, 6.45) is 0. The number of carbonyl (C=O) groups is 1. The van der Waals surface area contributed by atoms with E-state index in [-0.39, 0.29) is 6.54 Å². The highest BCUT2D eigenvalue weighted by Crippen LogP contribution is 2.19. The zero-order valence-electron chi connectivity index (χ0n) is 10.4. The first-order valence-electron chi connectivity index (χ1n) is 5.40. The summed E-state index contributed by atoms with van der Waals surface area (Å²) in [6.45, 7) is 1.42. The van der Waals surface area contributed by atoms with Crippen molar-refractivity contribution in [2.45, 2.75) is 13.0 Å². The van der Waals surface area contributed by atoms with Crippen LogP contribution in [0.3, 0.4) is 0 Å². The molecule has 0 spiro atoms. The molecule has 0 aliphatic heterocycles. The number of amides is 1. The number of hydrogen-bond acceptors (Lipinski definition) is 3. The number of hydrogen-bond donors (Lipinski definition) is 1. The van der Waals surface area contributed by atoms with Crippen molar-refractivity contribution in [3.63, 3.8) is 0 Å². The van der Waals surface area contributed by atoms with Gasteiger partial charge in [0.2, 0.25) is 5.91 Å². The lowest BCUT2D eigenvalue weighted by Gasteiger charge is -2.18. The molecule has 1 atom stereocenters. The largest absolute Gasteiger partial charge is 0.322 e. The lowest BCUT2D eigenvalue weighted by molar-refractivity contribution is -0.117. The third-order valence-electron chi connectivity index (χ3n) is 2.55. The van der Waals surface area contributed by atoms with Crippen LogP contribution in [0.15, 0.2) is 12.1 Å². The van der Waals surface area contributed by atoms with E-state index >= 15 is 0 Å². The highest BCUT2D eigenvalue weighted by Gasteiger charge is 2.17. The lowest BCUT2D eigenvalue weighted by Crippen LogP contribution is -2.35. The van der Waals surface area contributed by atoms with Gasteiger partial charge >= 0.3 is 0 Å². The quantitative estimate of drug-likeness (QED) is 0.851. The average molecular weight is 271 g/mol. The van der Waals surface area contributed by atoms with Crippen molar-refractivity contribution < 1.29 is 18.0 Å². The van der Waals surface area contributed by atoms with E-state index in [1.165, 1.54) is 11.9 Å². The van der Waals surface area contributed by atoms with Gasteiger partial charge in [-0.15, -0.1) is 0 Å². The summed E-state index contributed by atoms with van der Waals surface area (Å²) in [7, 11) is 1.54. The maximum absolute atomic E-state index is 13.3. The molecule has 19 heavy (non-hydrogen) atoms. The van der Waals surface area contributed by atoms with Gasteiger partial charge in [-0.25, -0.2) is 13.2 Å². The average Bonchev–Trinajstić information content (AvgIpc) is 2.38. The summed E-state index contributed by atoms with van der Waals surface area (Å²) in [5.41, 5.74) is -0.443. The van der Waals surface area contributed by atoms with E-state index in [2.05, 4.69) is 5.32 Å². The number of benzene rings is 1. The molecule has 0 radical (unpaired) electrons. The van der Waals surface area contributed by atoms with Gasteiger partial charge in [0.15, 0.2) is 17.5 Å². The fourth-order valence-corrected chi connectivity index (χ4v) is 1.27. The van der Waals surface area contributed by atoms with Crippen LogP contribution in [0.4, 0.5) is 18.9 Å². The highest BCUT2D eigenvalue weighted by atomic mass is 19.2. The summed E-state index contributed by atoms with van der Waals surface area (Å²) in [5, 5.41) is 10.8. The van der Waals surface area contributed by atoms with E-state index in [0.29, 0.717) is 0 Å². The van der Waals surface area contributed by atoms with Gasteiger partial charge in [0.1, 0.15) is 0 Å². The summed E-state index contributed by atoms with van der Waals surface area (Å²) in [5.74, 6) is -5.05. The first kappa shape index (κ1) is 15.0. The maximum atomic E-state index is 13.3. The molecule has 4 nitrogen and oxygen atoms in total. The minimum atomic E-state index is -1.64. The standard InChI is InChI=1S/C12H12F3N3O/c1-7(5-16)18(2)6-10(19)17-9-4-3-8(13)11(14)12(9)15/h3-4,7H,6H2,1-2H3,(H,17,19)/t7-/m0/s1. The van der Waals surface area contributed by atoms with Crippen LogP contribution in [0.5, 0.6) is 0 Å². The van der Waals surface area contributed by atoms with Gasteiger partial charge in [0.25, 0.3) is 0 Å². The van der Waals surface area contributed by atoms with Gasteiger partial charge in [-0.2, -0.15) is 5.26 Å². The van der Waals surface area contributed by atoms with E-state index < -0.39 is 35.1 Å². The second-order valence-corrected chi connectivity index (χ2v) is 3.99. The Hall–Kier alpha value is -2.07. The molecule has 102 valence electrons. The Labute approximate surface area is 108 Å². The van der Waals surface area contributed by atoms with Crippen molar-refractivity contribution in [3.05, 3.63) is 29.6 Å². The summed E-state index contributed by atoms with van der Waals surface area (Å²) >= 11 is 0. The number of halogens is 3. The lowest BCUT2D eigenvalue weighted by atomic mass is 10.2. The van der Waals surface area contributed by atoms with Crippen molar-refractivity contribution in [1.29, 1.82) is 5.26 Å². The molecule has 1 amide bonds. The smallest absolute Gasteiger partial charge is 0.238 e. The Balaban J connectivity index is 2.74. The molecule has 1 aromatic carbocycles. The Morgan fingerprint density at radius 2 is 2.05 bits per heavy atom. The molecule has 0 heterocycles. The van der Waals surface area contributed by atoms with Crippen LogP contribution < -0.4 is 5.32 Å². The van der Waals surface area contributed by atoms with Crippen LogP contribution in [-0.4, -0.2) is 30.4 Å². The molecule has 0 aliphatic carbocycles. The molecule has 1 aromatic rings.